The molecule has 0 aliphatic heterocycles. The molecular formula is C17H21FN2O. The van der Waals surface area contributed by atoms with Crippen molar-refractivity contribution in [3.63, 3.8) is 0 Å². The summed E-state index contributed by atoms with van der Waals surface area (Å²) in [5, 5.41) is 0. The van der Waals surface area contributed by atoms with E-state index in [9.17, 15) is 4.39 Å². The Hall–Kier alpha value is -1.91. The van der Waals surface area contributed by atoms with E-state index in [-0.39, 0.29) is 11.9 Å². The SMILES string of the molecule is COc1cccc(CN(C)CC(N)c2ccccc2F)c1. The van der Waals surface area contributed by atoms with Gasteiger partial charge in [-0.2, -0.15) is 0 Å². The zero-order valence-electron chi connectivity index (χ0n) is 12.4. The average molecular weight is 288 g/mol. The second kappa shape index (κ2) is 7.20. The third kappa shape index (κ3) is 4.28. The van der Waals surface area contributed by atoms with Crippen LogP contribution in [0.1, 0.15) is 17.2 Å². The van der Waals surface area contributed by atoms with Crippen LogP contribution in [0.25, 0.3) is 0 Å². The third-order valence-corrected chi connectivity index (χ3v) is 3.40. The maximum absolute atomic E-state index is 13.7. The first kappa shape index (κ1) is 15.5. The third-order valence-electron chi connectivity index (χ3n) is 3.40. The van der Waals surface area contributed by atoms with Gasteiger partial charge < -0.3 is 15.4 Å². The standard InChI is InChI=1S/C17H21FN2O/c1-20(11-13-6-5-7-14(10-13)21-2)12-17(19)15-8-3-4-9-16(15)18/h3-10,17H,11-12,19H2,1-2H3. The summed E-state index contributed by atoms with van der Waals surface area (Å²) in [6, 6.07) is 14.2. The van der Waals surface area contributed by atoms with E-state index in [0.29, 0.717) is 12.1 Å². The number of hydrogen-bond acceptors (Lipinski definition) is 3. The first-order valence-electron chi connectivity index (χ1n) is 6.91. The van der Waals surface area contributed by atoms with Gasteiger partial charge in [0, 0.05) is 24.7 Å². The maximum Gasteiger partial charge on any atom is 0.128 e. The number of nitrogens with zero attached hydrogens (tertiary/aromatic N) is 1. The number of benzene rings is 2. The molecule has 4 heteroatoms. The Morgan fingerprint density at radius 1 is 1.19 bits per heavy atom. The van der Waals surface area contributed by atoms with Crippen molar-refractivity contribution in [2.24, 2.45) is 5.73 Å². The molecule has 1 atom stereocenters. The largest absolute Gasteiger partial charge is 0.497 e. The Morgan fingerprint density at radius 2 is 1.95 bits per heavy atom. The van der Waals surface area contributed by atoms with Crippen molar-refractivity contribution < 1.29 is 9.13 Å². The molecule has 2 N–H and O–H groups in total. The average Bonchev–Trinajstić information content (AvgIpc) is 2.47. The van der Waals surface area contributed by atoms with Crippen molar-refractivity contribution in [3.8, 4) is 5.75 Å². The zero-order valence-corrected chi connectivity index (χ0v) is 12.4. The highest BCUT2D eigenvalue weighted by Crippen LogP contribution is 2.17. The molecule has 3 nitrogen and oxygen atoms in total. The fourth-order valence-corrected chi connectivity index (χ4v) is 2.36. The van der Waals surface area contributed by atoms with Crippen molar-refractivity contribution in [2.75, 3.05) is 20.7 Å². The van der Waals surface area contributed by atoms with Crippen LogP contribution < -0.4 is 10.5 Å². The summed E-state index contributed by atoms with van der Waals surface area (Å²) in [4.78, 5) is 2.08. The molecular weight excluding hydrogens is 267 g/mol. The zero-order chi connectivity index (χ0) is 15.2. The summed E-state index contributed by atoms with van der Waals surface area (Å²) in [7, 11) is 3.62. The molecule has 21 heavy (non-hydrogen) atoms. The minimum Gasteiger partial charge on any atom is -0.497 e. The van der Waals surface area contributed by atoms with Crippen molar-refractivity contribution >= 4 is 0 Å². The molecule has 0 spiro atoms. The second-order valence-electron chi connectivity index (χ2n) is 5.18. The molecule has 0 radical (unpaired) electrons. The van der Waals surface area contributed by atoms with Gasteiger partial charge in [0.15, 0.2) is 0 Å². The molecule has 0 heterocycles. The van der Waals surface area contributed by atoms with Gasteiger partial charge in [-0.05, 0) is 30.8 Å². The lowest BCUT2D eigenvalue weighted by atomic mass is 10.1. The predicted molar refractivity (Wildman–Crippen MR) is 82.7 cm³/mol. The summed E-state index contributed by atoms with van der Waals surface area (Å²) in [6.45, 7) is 1.32. The molecule has 0 aliphatic carbocycles. The first-order valence-corrected chi connectivity index (χ1v) is 6.91. The smallest absolute Gasteiger partial charge is 0.128 e. The Morgan fingerprint density at radius 3 is 2.67 bits per heavy atom. The normalized spacial score (nSPS) is 12.4. The fraction of sp³-hybridized carbons (Fsp3) is 0.294. The highest BCUT2D eigenvalue weighted by Gasteiger charge is 2.13. The molecule has 112 valence electrons. The van der Waals surface area contributed by atoms with Gasteiger partial charge in [0.05, 0.1) is 7.11 Å². The fourth-order valence-electron chi connectivity index (χ4n) is 2.36. The maximum atomic E-state index is 13.7. The number of methoxy groups -OCH3 is 1. The molecule has 0 saturated heterocycles. The van der Waals surface area contributed by atoms with Crippen molar-refractivity contribution in [2.45, 2.75) is 12.6 Å². The van der Waals surface area contributed by atoms with Crippen LogP contribution >= 0.6 is 0 Å². The summed E-state index contributed by atoms with van der Waals surface area (Å²) >= 11 is 0. The molecule has 0 amide bonds. The Labute approximate surface area is 125 Å². The Bertz CT molecular complexity index is 589. The summed E-state index contributed by atoms with van der Waals surface area (Å²) in [5.74, 6) is 0.582. The molecule has 1 unspecified atom stereocenters. The van der Waals surface area contributed by atoms with Crippen molar-refractivity contribution in [1.82, 2.24) is 4.90 Å². The Balaban J connectivity index is 1.98. The number of rotatable bonds is 6. The molecule has 0 fully saturated rings. The lowest BCUT2D eigenvalue weighted by Gasteiger charge is -2.22. The second-order valence-corrected chi connectivity index (χ2v) is 5.18. The van der Waals surface area contributed by atoms with Gasteiger partial charge >= 0.3 is 0 Å². The van der Waals surface area contributed by atoms with E-state index >= 15 is 0 Å². The van der Waals surface area contributed by atoms with Crippen LogP contribution in [0.3, 0.4) is 0 Å². The van der Waals surface area contributed by atoms with E-state index in [1.165, 1.54) is 6.07 Å². The van der Waals surface area contributed by atoms with E-state index in [1.807, 2.05) is 31.3 Å². The highest BCUT2D eigenvalue weighted by atomic mass is 19.1. The minimum atomic E-state index is -0.346. The van der Waals surface area contributed by atoms with E-state index in [4.69, 9.17) is 10.5 Å². The number of hydrogen-bond donors (Lipinski definition) is 1. The molecule has 0 saturated carbocycles. The minimum absolute atomic E-state index is 0.250. The van der Waals surface area contributed by atoms with Crippen LogP contribution in [0.15, 0.2) is 48.5 Å². The van der Waals surface area contributed by atoms with E-state index < -0.39 is 0 Å². The lowest BCUT2D eigenvalue weighted by molar-refractivity contribution is 0.302. The molecule has 0 bridgehead atoms. The predicted octanol–water partition coefficient (Wildman–Crippen LogP) is 2.97. The van der Waals surface area contributed by atoms with Gasteiger partial charge in [-0.1, -0.05) is 30.3 Å². The van der Waals surface area contributed by atoms with Gasteiger partial charge in [0.1, 0.15) is 11.6 Å². The highest BCUT2D eigenvalue weighted by molar-refractivity contribution is 5.28. The van der Waals surface area contributed by atoms with Gasteiger partial charge in [0.2, 0.25) is 0 Å². The van der Waals surface area contributed by atoms with Gasteiger partial charge in [0.25, 0.3) is 0 Å². The van der Waals surface area contributed by atoms with E-state index in [2.05, 4.69) is 4.90 Å². The number of halogens is 1. The molecule has 2 aromatic rings. The molecule has 0 aliphatic rings. The lowest BCUT2D eigenvalue weighted by Crippen LogP contribution is -2.29. The van der Waals surface area contributed by atoms with Crippen LogP contribution in [-0.2, 0) is 6.54 Å². The number of nitrogens with two attached hydrogens (primary N) is 1. The van der Waals surface area contributed by atoms with Gasteiger partial charge in [-0.15, -0.1) is 0 Å². The number of ether oxygens (including phenoxy) is 1. The molecule has 2 aromatic carbocycles. The van der Waals surface area contributed by atoms with Gasteiger partial charge in [-0.3, -0.25) is 0 Å². The number of likely N-dealkylation sites (N-methyl/N-ethyl adjacent to an activating group) is 1. The van der Waals surface area contributed by atoms with Crippen LogP contribution in [0, 0.1) is 5.82 Å². The first-order chi connectivity index (χ1) is 10.1. The topological polar surface area (TPSA) is 38.5 Å². The van der Waals surface area contributed by atoms with E-state index in [0.717, 1.165) is 17.9 Å². The van der Waals surface area contributed by atoms with Crippen molar-refractivity contribution in [1.29, 1.82) is 0 Å². The summed E-state index contributed by atoms with van der Waals surface area (Å²) in [6.07, 6.45) is 0. The molecule has 2 rings (SSSR count). The van der Waals surface area contributed by atoms with Crippen molar-refractivity contribution in [3.05, 3.63) is 65.5 Å². The quantitative estimate of drug-likeness (QED) is 0.888. The van der Waals surface area contributed by atoms with Gasteiger partial charge in [-0.25, -0.2) is 4.39 Å². The van der Waals surface area contributed by atoms with Crippen LogP contribution in [0.5, 0.6) is 5.75 Å². The van der Waals surface area contributed by atoms with Crippen LogP contribution in [-0.4, -0.2) is 25.6 Å². The molecule has 0 aromatic heterocycles. The summed E-state index contributed by atoms with van der Waals surface area (Å²) < 4.78 is 18.9. The monoisotopic (exact) mass is 288 g/mol. The van der Waals surface area contributed by atoms with E-state index in [1.54, 1.807) is 25.3 Å². The summed E-state index contributed by atoms with van der Waals surface area (Å²) in [5.41, 5.74) is 7.79. The van der Waals surface area contributed by atoms with Crippen LogP contribution in [0.4, 0.5) is 4.39 Å². The van der Waals surface area contributed by atoms with Crippen LogP contribution in [0.2, 0.25) is 0 Å². The Kier molecular flexibility index (Phi) is 5.31.